The number of benzene rings is 1. The number of fused-ring (bicyclic) bond motifs is 2. The number of rotatable bonds is 5. The average Bonchev–Trinajstić information content (AvgIpc) is 3.54. The van der Waals surface area contributed by atoms with Crippen molar-refractivity contribution in [2.45, 2.75) is 39.8 Å². The molecular weight excluding hydrogens is 488 g/mol. The fraction of sp³-hybridized carbons (Fsp3) is 0.538. The summed E-state index contributed by atoms with van der Waals surface area (Å²) in [6, 6.07) is 5.14. The monoisotopic (exact) mass is 522 g/mol. The second-order valence-electron chi connectivity index (χ2n) is 11.2. The van der Waals surface area contributed by atoms with Crippen molar-refractivity contribution in [3.05, 3.63) is 34.6 Å². The zero-order valence-corrected chi connectivity index (χ0v) is 22.7. The predicted molar refractivity (Wildman–Crippen MR) is 144 cm³/mol. The molecule has 38 heavy (non-hydrogen) atoms. The third kappa shape index (κ3) is 4.70. The summed E-state index contributed by atoms with van der Waals surface area (Å²) in [6.07, 6.45) is 1.46. The number of likely N-dealkylation sites (tertiary alicyclic amines) is 1. The molecule has 0 saturated carbocycles. The second kappa shape index (κ2) is 9.41. The van der Waals surface area contributed by atoms with Gasteiger partial charge >= 0.3 is 6.09 Å². The molecule has 2 saturated heterocycles. The zero-order chi connectivity index (χ0) is 27.4. The van der Waals surface area contributed by atoms with E-state index in [0.717, 1.165) is 13.1 Å². The molecule has 2 unspecified atom stereocenters. The summed E-state index contributed by atoms with van der Waals surface area (Å²) < 4.78 is 7.52. The van der Waals surface area contributed by atoms with Crippen molar-refractivity contribution in [1.82, 2.24) is 24.4 Å². The first kappa shape index (κ1) is 25.7. The van der Waals surface area contributed by atoms with E-state index in [1.807, 2.05) is 38.3 Å². The zero-order valence-electron chi connectivity index (χ0n) is 22.7. The van der Waals surface area contributed by atoms with Gasteiger partial charge in [-0.3, -0.25) is 10.1 Å². The number of nitro benzene ring substituents is 1. The molecule has 3 aromatic rings. The maximum atomic E-state index is 12.6. The first-order valence-corrected chi connectivity index (χ1v) is 12.9. The number of imidazole rings is 1. The van der Waals surface area contributed by atoms with E-state index < -0.39 is 5.60 Å². The number of nitro groups is 1. The van der Waals surface area contributed by atoms with Crippen molar-refractivity contribution < 1.29 is 14.5 Å². The van der Waals surface area contributed by atoms with E-state index in [4.69, 9.17) is 14.7 Å². The molecule has 2 atom stereocenters. The lowest BCUT2D eigenvalue weighted by molar-refractivity contribution is -0.384. The fourth-order valence-corrected chi connectivity index (χ4v) is 5.33. The van der Waals surface area contributed by atoms with Gasteiger partial charge in [0, 0.05) is 70.3 Å². The Kier molecular flexibility index (Phi) is 6.36. The number of ether oxygens (including phenoxy) is 1. The molecule has 2 fully saturated rings. The predicted octanol–water partition coefficient (Wildman–Crippen LogP) is 3.79. The summed E-state index contributed by atoms with van der Waals surface area (Å²) in [5.74, 6) is 1.16. The first-order valence-electron chi connectivity index (χ1n) is 12.9. The number of aromatic nitrogens is 4. The molecule has 2 aliphatic rings. The van der Waals surface area contributed by atoms with Gasteiger partial charge < -0.3 is 24.0 Å². The highest BCUT2D eigenvalue weighted by atomic mass is 16.6. The molecule has 5 rings (SSSR count). The van der Waals surface area contributed by atoms with Crippen molar-refractivity contribution in [1.29, 1.82) is 0 Å². The maximum Gasteiger partial charge on any atom is 0.410 e. The smallest absolute Gasteiger partial charge is 0.410 e. The average molecular weight is 523 g/mol. The van der Waals surface area contributed by atoms with E-state index in [2.05, 4.69) is 9.88 Å². The van der Waals surface area contributed by atoms with Crippen LogP contribution in [0.1, 0.15) is 27.7 Å². The molecule has 2 aliphatic heterocycles. The number of hydrogen-bond acceptors (Lipinski definition) is 9. The van der Waals surface area contributed by atoms with Gasteiger partial charge in [-0.1, -0.05) is 6.07 Å². The highest BCUT2D eigenvalue weighted by molar-refractivity contribution is 5.90. The molecule has 202 valence electrons. The minimum Gasteiger partial charge on any atom is -0.444 e. The molecule has 1 aromatic carbocycles. The van der Waals surface area contributed by atoms with E-state index >= 15 is 0 Å². The number of amides is 1. The minimum atomic E-state index is -0.525. The van der Waals surface area contributed by atoms with Gasteiger partial charge in [0.25, 0.3) is 5.69 Å². The van der Waals surface area contributed by atoms with E-state index in [-0.39, 0.29) is 16.7 Å². The van der Waals surface area contributed by atoms with Crippen LogP contribution in [0.5, 0.6) is 0 Å². The number of aryl methyl sites for hydroxylation is 1. The van der Waals surface area contributed by atoms with E-state index in [9.17, 15) is 14.9 Å². The summed E-state index contributed by atoms with van der Waals surface area (Å²) >= 11 is 0. The Bertz CT molecular complexity index is 1380. The Balaban J connectivity index is 1.47. The van der Waals surface area contributed by atoms with Crippen LogP contribution in [0.4, 0.5) is 22.1 Å². The second-order valence-corrected chi connectivity index (χ2v) is 11.2. The van der Waals surface area contributed by atoms with Crippen molar-refractivity contribution in [2.75, 3.05) is 50.1 Å². The Morgan fingerprint density at radius 3 is 2.42 bits per heavy atom. The lowest BCUT2D eigenvalue weighted by Crippen LogP contribution is -2.37. The Morgan fingerprint density at radius 2 is 1.84 bits per heavy atom. The fourth-order valence-electron chi connectivity index (χ4n) is 5.33. The van der Waals surface area contributed by atoms with Crippen LogP contribution in [-0.2, 0) is 11.3 Å². The minimum absolute atomic E-state index is 0.00803. The third-order valence-electron chi connectivity index (χ3n) is 7.14. The molecule has 2 aromatic heterocycles. The molecule has 0 spiro atoms. The van der Waals surface area contributed by atoms with Crippen LogP contribution in [0.2, 0.25) is 0 Å². The van der Waals surface area contributed by atoms with Crippen LogP contribution in [0.3, 0.4) is 0 Å². The number of anilines is 2. The van der Waals surface area contributed by atoms with Gasteiger partial charge in [-0.25, -0.2) is 14.8 Å². The number of carbonyl (C=O) groups is 1. The summed E-state index contributed by atoms with van der Waals surface area (Å²) in [4.78, 5) is 44.1. The highest BCUT2D eigenvalue weighted by Crippen LogP contribution is 2.37. The molecule has 0 N–H and O–H groups in total. The summed E-state index contributed by atoms with van der Waals surface area (Å²) in [5.41, 5.74) is 2.49. The van der Waals surface area contributed by atoms with Crippen LogP contribution in [-0.4, -0.2) is 81.3 Å². The molecule has 12 nitrogen and oxygen atoms in total. The van der Waals surface area contributed by atoms with E-state index in [0.29, 0.717) is 65.5 Å². The number of nitrogens with zero attached hydrogens (tertiary/aromatic N) is 8. The highest BCUT2D eigenvalue weighted by Gasteiger charge is 2.43. The summed E-state index contributed by atoms with van der Waals surface area (Å²) in [6.45, 7) is 11.0. The number of hydrogen-bond donors (Lipinski definition) is 0. The lowest BCUT2D eigenvalue weighted by Gasteiger charge is -2.26. The van der Waals surface area contributed by atoms with E-state index in [1.165, 1.54) is 0 Å². The Hall–Kier alpha value is -3.96. The van der Waals surface area contributed by atoms with Crippen molar-refractivity contribution >= 4 is 34.6 Å². The quantitative estimate of drug-likeness (QED) is 0.364. The lowest BCUT2D eigenvalue weighted by atomic mass is 10.0. The van der Waals surface area contributed by atoms with Crippen LogP contribution in [0, 0.1) is 22.0 Å². The molecular formula is C26H34N8O4. The topological polar surface area (TPSA) is 123 Å². The van der Waals surface area contributed by atoms with Crippen LogP contribution < -0.4 is 9.80 Å². The van der Waals surface area contributed by atoms with Gasteiger partial charge in [-0.05, 0) is 33.8 Å². The number of carbonyl (C=O) groups excluding carboxylic acids is 1. The van der Waals surface area contributed by atoms with Crippen LogP contribution in [0.15, 0.2) is 24.5 Å². The van der Waals surface area contributed by atoms with Crippen molar-refractivity contribution in [2.24, 2.45) is 11.8 Å². The Morgan fingerprint density at radius 1 is 1.16 bits per heavy atom. The van der Waals surface area contributed by atoms with Gasteiger partial charge in [0.2, 0.25) is 5.95 Å². The van der Waals surface area contributed by atoms with Gasteiger partial charge in [-0.2, -0.15) is 4.98 Å². The van der Waals surface area contributed by atoms with Gasteiger partial charge in [0.15, 0.2) is 5.65 Å². The van der Waals surface area contributed by atoms with Gasteiger partial charge in [-0.15, -0.1) is 0 Å². The van der Waals surface area contributed by atoms with Crippen LogP contribution >= 0.6 is 0 Å². The Labute approximate surface area is 221 Å². The van der Waals surface area contributed by atoms with Gasteiger partial charge in [0.1, 0.15) is 22.5 Å². The molecule has 0 radical (unpaired) electrons. The SMILES string of the molecule is CCn1cnc2c(-c3ccc(N(C)C)c([N+](=O)[O-])c3)nc(N3CC4CN(C(=O)OC(C)(C)C)CC4C3)nc21. The molecule has 0 bridgehead atoms. The molecule has 4 heterocycles. The molecule has 1 amide bonds. The third-order valence-corrected chi connectivity index (χ3v) is 7.14. The van der Waals surface area contributed by atoms with E-state index in [1.54, 1.807) is 42.4 Å². The molecule has 0 aliphatic carbocycles. The normalized spacial score (nSPS) is 19.2. The van der Waals surface area contributed by atoms with Crippen LogP contribution in [0.25, 0.3) is 22.4 Å². The van der Waals surface area contributed by atoms with Crippen molar-refractivity contribution in [3.63, 3.8) is 0 Å². The summed E-state index contributed by atoms with van der Waals surface area (Å²) in [5, 5.41) is 11.8. The first-order chi connectivity index (χ1) is 17.9. The molecule has 12 heteroatoms. The standard InChI is InChI=1S/C26H34N8O4/c1-7-31-15-27-22-21(16-8-9-19(30(5)6)20(10-16)34(36)37)28-24(29-23(22)31)32-11-17-13-33(14-18(17)12-32)25(35)38-26(2,3)4/h8-10,15,17-18H,7,11-14H2,1-6H3. The van der Waals surface area contributed by atoms with Gasteiger partial charge in [0.05, 0.1) is 11.3 Å². The van der Waals surface area contributed by atoms with Crippen molar-refractivity contribution in [3.8, 4) is 11.3 Å². The maximum absolute atomic E-state index is 12.6. The largest absolute Gasteiger partial charge is 0.444 e. The summed E-state index contributed by atoms with van der Waals surface area (Å²) in [7, 11) is 3.56.